The van der Waals surface area contributed by atoms with Crippen molar-refractivity contribution in [3.63, 3.8) is 0 Å². The Morgan fingerprint density at radius 1 is 0.271 bits per heavy atom. The molecule has 9 aromatic rings. The van der Waals surface area contributed by atoms with Crippen molar-refractivity contribution in [1.82, 2.24) is 0 Å². The van der Waals surface area contributed by atoms with Crippen LogP contribution in [0.3, 0.4) is 0 Å². The quantitative estimate of drug-likeness (QED) is 0.0266. The fraction of sp³-hybridized carbons (Fsp3) is 0.442. The van der Waals surface area contributed by atoms with Crippen molar-refractivity contribution in [2.75, 3.05) is 97.1 Å². The number of carbonyl (C=O) groups excluding carboxylic acids is 4. The van der Waals surface area contributed by atoms with Crippen LogP contribution in [-0.2, 0) is 29.8 Å². The fourth-order valence-corrected chi connectivity index (χ4v) is 17.3. The molecule has 0 radical (unpaired) electrons. The molecule has 0 aromatic heterocycles. The minimum absolute atomic E-state index is 0. The van der Waals surface area contributed by atoms with Crippen LogP contribution in [0.1, 0.15) is 288 Å². The monoisotopic (exact) mass is 1600 g/mol. The predicted molar refractivity (Wildman–Crippen MR) is 497 cm³/mol. The first kappa shape index (κ1) is 91.6. The van der Waals surface area contributed by atoms with Crippen molar-refractivity contribution in [3.05, 3.63) is 251 Å². The zero-order chi connectivity index (χ0) is 84.4. The highest BCUT2D eigenvalue weighted by atomic mass is 16.5. The fourth-order valence-electron chi connectivity index (χ4n) is 17.3. The van der Waals surface area contributed by atoms with E-state index < -0.39 is 23.9 Å². The van der Waals surface area contributed by atoms with Crippen molar-refractivity contribution in [1.29, 1.82) is 0 Å². The van der Waals surface area contributed by atoms with Gasteiger partial charge in [-0.3, -0.25) is 0 Å². The second-order valence-corrected chi connectivity index (χ2v) is 31.6. The molecule has 0 bridgehead atoms. The Labute approximate surface area is 709 Å². The van der Waals surface area contributed by atoms with Gasteiger partial charge in [-0.25, -0.2) is 19.2 Å². The van der Waals surface area contributed by atoms with Crippen LogP contribution in [0.5, 0.6) is 0 Å². The number of nitrogens with zero attached hydrogens (tertiary/aromatic N) is 6. The standard InChI is InChI=1S/C44H64N2.2C30H36N2O4.H2/c1-7-13-27-43(28-14-8-2)35-23-19-21-25-39(35)45(31-17-11-5)41-34-38-42(33-37(41)43)46(32-18-12-6)40-26-22-20-24-36(40)44(38,29-15-9-3)30-16-10-4;2*1-5-7-19-31(23-15-11-9-12-16-23)27-21-26(30(34)36-4)28(22-25(27)29(33)35-3)32(20-8-6-2)24-17-13-10-14-18-24;/h19-26,33-34H,7-18,27-32H2,1-6H3;2*9-18,21-22H,5-8,19-20H2,1-4H3;1H. The Bertz CT molecular complexity index is 4110. The third kappa shape index (κ3) is 21.6. The van der Waals surface area contributed by atoms with Crippen molar-refractivity contribution < 1.29 is 39.6 Å². The number of benzene rings is 9. The molecular formula is C104H138N6O8. The largest absolute Gasteiger partial charge is 0.465 e. The molecule has 2 aliphatic heterocycles. The summed E-state index contributed by atoms with van der Waals surface area (Å²) in [5.41, 5.74) is 20.3. The van der Waals surface area contributed by atoms with Gasteiger partial charge in [0.2, 0.25) is 0 Å². The van der Waals surface area contributed by atoms with Crippen LogP contribution in [0.15, 0.2) is 206 Å². The lowest BCUT2D eigenvalue weighted by Gasteiger charge is -2.50. The molecule has 0 saturated carbocycles. The Morgan fingerprint density at radius 2 is 0.492 bits per heavy atom. The van der Waals surface area contributed by atoms with E-state index >= 15 is 0 Å². The zero-order valence-corrected chi connectivity index (χ0v) is 73.8. The van der Waals surface area contributed by atoms with Crippen LogP contribution < -0.4 is 29.4 Å². The summed E-state index contributed by atoms with van der Waals surface area (Å²) in [6.45, 7) is 27.6. The van der Waals surface area contributed by atoms with Crippen LogP contribution in [0, 0.1) is 0 Å². The highest BCUT2D eigenvalue weighted by molar-refractivity contribution is 6.06. The molecule has 0 atom stereocenters. The molecule has 0 fully saturated rings. The maximum atomic E-state index is 13.1. The Hall–Kier alpha value is -10.3. The molecule has 632 valence electrons. The summed E-state index contributed by atoms with van der Waals surface area (Å²) in [7, 11) is 5.52. The Kier molecular flexibility index (Phi) is 36.2. The van der Waals surface area contributed by atoms with E-state index in [1.165, 1.54) is 154 Å². The molecule has 14 heteroatoms. The number of methoxy groups -OCH3 is 4. The molecule has 2 heterocycles. The number of anilines is 12. The lowest BCUT2D eigenvalue weighted by molar-refractivity contribution is 0.0588. The van der Waals surface area contributed by atoms with Gasteiger partial charge in [0.1, 0.15) is 0 Å². The van der Waals surface area contributed by atoms with Gasteiger partial charge < -0.3 is 48.3 Å². The average Bonchev–Trinajstić information content (AvgIpc) is 0.690. The van der Waals surface area contributed by atoms with E-state index in [1.54, 1.807) is 46.5 Å². The zero-order valence-electron chi connectivity index (χ0n) is 73.8. The molecule has 0 amide bonds. The molecule has 0 spiro atoms. The van der Waals surface area contributed by atoms with Crippen LogP contribution in [0.25, 0.3) is 0 Å². The second kappa shape index (κ2) is 46.7. The van der Waals surface area contributed by atoms with E-state index in [9.17, 15) is 19.2 Å². The van der Waals surface area contributed by atoms with Crippen LogP contribution in [-0.4, -0.2) is 91.6 Å². The maximum absolute atomic E-state index is 13.1. The normalized spacial score (nSPS) is 12.6. The molecule has 0 aliphatic carbocycles. The molecule has 0 saturated heterocycles. The van der Waals surface area contributed by atoms with Gasteiger partial charge in [-0.1, -0.05) is 268 Å². The summed E-state index contributed by atoms with van der Waals surface area (Å²) >= 11 is 0. The highest BCUT2D eigenvalue weighted by Crippen LogP contribution is 2.61. The van der Waals surface area contributed by atoms with E-state index in [2.05, 4.69) is 159 Å². The van der Waals surface area contributed by atoms with E-state index in [1.807, 2.05) is 121 Å². The van der Waals surface area contributed by atoms with E-state index in [-0.39, 0.29) is 12.3 Å². The van der Waals surface area contributed by atoms with Crippen LogP contribution in [0.2, 0.25) is 0 Å². The molecule has 2 aliphatic rings. The number of rotatable bonds is 42. The highest BCUT2D eigenvalue weighted by Gasteiger charge is 2.48. The van der Waals surface area contributed by atoms with Gasteiger partial charge in [-0.15, -0.1) is 0 Å². The molecule has 11 rings (SSSR count). The number of esters is 4. The minimum Gasteiger partial charge on any atom is -0.465 e. The summed E-state index contributed by atoms with van der Waals surface area (Å²) in [6, 6.07) is 71.3. The number of hydrogen-bond donors (Lipinski definition) is 0. The number of ether oxygens (including phenoxy) is 4. The number of para-hydroxylation sites is 6. The van der Waals surface area contributed by atoms with Crippen molar-refractivity contribution >= 4 is 92.1 Å². The number of carbonyl (C=O) groups is 4. The summed E-state index contributed by atoms with van der Waals surface area (Å²) in [6.07, 6.45) is 27.4. The first-order chi connectivity index (χ1) is 57.7. The van der Waals surface area contributed by atoms with Crippen molar-refractivity contribution in [2.24, 2.45) is 0 Å². The summed E-state index contributed by atoms with van der Waals surface area (Å²) in [4.78, 5) is 66.4. The van der Waals surface area contributed by atoms with Gasteiger partial charge >= 0.3 is 23.9 Å². The molecule has 118 heavy (non-hydrogen) atoms. The SMILES string of the molecule is CCCCN(c1ccccc1)c1cc(C(=O)OC)c(N(CCCC)c2ccccc2)cc1C(=O)OC.CCCCN(c1ccccc1)c1cc(C(=O)OC)c(N(CCCC)c2ccccc2)cc1C(=O)OC.CCCCN1c2ccccc2C(CCCC)(CCCC)c2cc3c(cc21)C(CCCC)(CCCC)c1ccccc1N3CCCC.[HH]. The third-order valence-electron chi connectivity index (χ3n) is 23.7. The van der Waals surface area contributed by atoms with E-state index in [4.69, 9.17) is 18.9 Å². The van der Waals surface area contributed by atoms with Crippen molar-refractivity contribution in [3.8, 4) is 0 Å². The molecule has 9 aromatic carbocycles. The van der Waals surface area contributed by atoms with Gasteiger partial charge in [0.15, 0.2) is 0 Å². The van der Waals surface area contributed by atoms with Gasteiger partial charge in [-0.2, -0.15) is 0 Å². The Balaban J connectivity index is 0.000000224. The number of hydrogen-bond acceptors (Lipinski definition) is 14. The summed E-state index contributed by atoms with van der Waals surface area (Å²) in [5.74, 6) is -1.82. The van der Waals surface area contributed by atoms with Crippen LogP contribution in [0.4, 0.5) is 68.2 Å². The maximum Gasteiger partial charge on any atom is 0.340 e. The van der Waals surface area contributed by atoms with Gasteiger partial charge in [0.25, 0.3) is 0 Å². The Morgan fingerprint density at radius 3 is 0.712 bits per heavy atom. The first-order valence-electron chi connectivity index (χ1n) is 44.6. The topological polar surface area (TPSA) is 125 Å². The van der Waals surface area contributed by atoms with Gasteiger partial charge in [0, 0.05) is 97.0 Å². The molecule has 0 unspecified atom stereocenters. The minimum atomic E-state index is -0.455. The van der Waals surface area contributed by atoms with Crippen molar-refractivity contribution in [2.45, 2.75) is 234 Å². The van der Waals surface area contributed by atoms with Gasteiger partial charge in [0.05, 0.1) is 73.4 Å². The lowest BCUT2D eigenvalue weighted by atomic mass is 9.61. The molecular weight excluding hydrogens is 1460 g/mol. The number of unbranched alkanes of at least 4 members (excludes halogenated alkanes) is 10. The van der Waals surface area contributed by atoms with E-state index in [0.717, 1.165) is 87.2 Å². The third-order valence-corrected chi connectivity index (χ3v) is 23.7. The predicted octanol–water partition coefficient (Wildman–Crippen LogP) is 28.0. The van der Waals surface area contributed by atoms with Gasteiger partial charge in [-0.05, 0) is 184 Å². The molecule has 0 N–H and O–H groups in total. The molecule has 14 nitrogen and oxygen atoms in total. The lowest BCUT2D eigenvalue weighted by Crippen LogP contribution is -2.41. The smallest absolute Gasteiger partial charge is 0.340 e. The van der Waals surface area contributed by atoms with Crippen LogP contribution >= 0.6 is 0 Å². The summed E-state index contributed by atoms with van der Waals surface area (Å²) < 4.78 is 20.9. The average molecular weight is 1600 g/mol. The second-order valence-electron chi connectivity index (χ2n) is 31.6. The number of fused-ring (bicyclic) bond motifs is 4. The summed E-state index contributed by atoms with van der Waals surface area (Å²) in [5, 5.41) is 0. The first-order valence-corrected chi connectivity index (χ1v) is 44.6. The van der Waals surface area contributed by atoms with E-state index in [0.29, 0.717) is 71.2 Å².